The Hall–Kier alpha value is -2.14. The summed E-state index contributed by atoms with van der Waals surface area (Å²) in [6.07, 6.45) is 1.29. The minimum Gasteiger partial charge on any atom is -0.478 e. The number of carbonyl (C=O) groups is 2. The van der Waals surface area contributed by atoms with Crippen LogP contribution in [0.2, 0.25) is 0 Å². The summed E-state index contributed by atoms with van der Waals surface area (Å²) in [7, 11) is 0. The molecule has 0 radical (unpaired) electrons. The van der Waals surface area contributed by atoms with Crippen LogP contribution in [0.25, 0.3) is 10.9 Å². The fraction of sp³-hybridized carbons (Fsp3) is 0.444. The summed E-state index contributed by atoms with van der Waals surface area (Å²) in [4.78, 5) is 23.3. The van der Waals surface area contributed by atoms with E-state index in [4.69, 9.17) is 5.11 Å². The Labute approximate surface area is 135 Å². The summed E-state index contributed by atoms with van der Waals surface area (Å²) in [5, 5.41) is 19.4. The number of carboxylic acids is 1. The molecule has 124 valence electrons. The van der Waals surface area contributed by atoms with E-state index in [0.29, 0.717) is 29.4 Å². The standard InChI is InChI=1S/C18H23NO4/c1-11-15(10-21)13-8-12(18(2,3)4)9-14(17(22)23)16(13)19(11)6-5-7-20/h8-10,20H,5-7H2,1-4H3,(H,22,23). The van der Waals surface area contributed by atoms with E-state index in [9.17, 15) is 14.7 Å². The molecular weight excluding hydrogens is 294 g/mol. The quantitative estimate of drug-likeness (QED) is 0.830. The average molecular weight is 317 g/mol. The lowest BCUT2D eigenvalue weighted by Crippen LogP contribution is -2.13. The van der Waals surface area contributed by atoms with Gasteiger partial charge in [0, 0.05) is 29.8 Å². The number of hydrogen-bond acceptors (Lipinski definition) is 3. The van der Waals surface area contributed by atoms with Gasteiger partial charge in [-0.1, -0.05) is 20.8 Å². The van der Waals surface area contributed by atoms with E-state index in [0.717, 1.165) is 17.5 Å². The first-order valence-corrected chi connectivity index (χ1v) is 7.69. The molecule has 5 heteroatoms. The van der Waals surface area contributed by atoms with E-state index >= 15 is 0 Å². The van der Waals surface area contributed by atoms with Gasteiger partial charge in [0.25, 0.3) is 0 Å². The number of aliphatic hydroxyl groups is 1. The number of fused-ring (bicyclic) bond motifs is 1. The van der Waals surface area contributed by atoms with E-state index in [1.165, 1.54) is 0 Å². The van der Waals surface area contributed by atoms with Gasteiger partial charge >= 0.3 is 5.97 Å². The number of aldehydes is 1. The monoisotopic (exact) mass is 317 g/mol. The molecule has 0 saturated carbocycles. The molecule has 5 nitrogen and oxygen atoms in total. The zero-order valence-electron chi connectivity index (χ0n) is 14.0. The van der Waals surface area contributed by atoms with Gasteiger partial charge in [0.05, 0.1) is 11.1 Å². The smallest absolute Gasteiger partial charge is 0.337 e. The highest BCUT2D eigenvalue weighted by atomic mass is 16.4. The molecule has 1 aromatic heterocycles. The molecule has 0 aliphatic rings. The van der Waals surface area contributed by atoms with Crippen LogP contribution in [0.15, 0.2) is 12.1 Å². The van der Waals surface area contributed by atoms with Crippen molar-refractivity contribution in [2.45, 2.75) is 46.1 Å². The van der Waals surface area contributed by atoms with Crippen molar-refractivity contribution in [3.05, 3.63) is 34.5 Å². The van der Waals surface area contributed by atoms with Crippen LogP contribution in [0.4, 0.5) is 0 Å². The molecule has 2 N–H and O–H groups in total. The van der Waals surface area contributed by atoms with E-state index in [1.807, 2.05) is 38.3 Å². The highest BCUT2D eigenvalue weighted by molar-refractivity contribution is 6.08. The molecule has 0 unspecified atom stereocenters. The Morgan fingerprint density at radius 1 is 1.30 bits per heavy atom. The van der Waals surface area contributed by atoms with Crippen molar-refractivity contribution in [2.75, 3.05) is 6.61 Å². The van der Waals surface area contributed by atoms with Crippen LogP contribution in [0.5, 0.6) is 0 Å². The molecule has 0 amide bonds. The first-order chi connectivity index (χ1) is 10.7. The molecule has 0 bridgehead atoms. The molecule has 0 saturated heterocycles. The second-order valence-electron chi connectivity index (χ2n) is 6.82. The SMILES string of the molecule is Cc1c(C=O)c2cc(C(C)(C)C)cc(C(=O)O)c2n1CCCO. The first-order valence-electron chi connectivity index (χ1n) is 7.69. The number of carboxylic acid groups (broad SMARTS) is 1. The van der Waals surface area contributed by atoms with Crippen molar-refractivity contribution in [3.63, 3.8) is 0 Å². The Morgan fingerprint density at radius 2 is 1.96 bits per heavy atom. The molecule has 1 heterocycles. The summed E-state index contributed by atoms with van der Waals surface area (Å²) < 4.78 is 1.82. The second-order valence-corrected chi connectivity index (χ2v) is 6.82. The molecule has 0 aliphatic heterocycles. The molecule has 2 rings (SSSR count). The third-order valence-electron chi connectivity index (χ3n) is 4.22. The van der Waals surface area contributed by atoms with E-state index < -0.39 is 5.97 Å². The predicted octanol–water partition coefficient (Wildman–Crippen LogP) is 3.14. The van der Waals surface area contributed by atoms with Crippen molar-refractivity contribution in [1.29, 1.82) is 0 Å². The largest absolute Gasteiger partial charge is 0.478 e. The molecule has 2 aromatic rings. The normalized spacial score (nSPS) is 11.9. The lowest BCUT2D eigenvalue weighted by atomic mass is 9.85. The number of rotatable bonds is 5. The summed E-state index contributed by atoms with van der Waals surface area (Å²) in [6, 6.07) is 3.60. The van der Waals surface area contributed by atoms with Crippen molar-refractivity contribution in [2.24, 2.45) is 0 Å². The van der Waals surface area contributed by atoms with Gasteiger partial charge in [0.1, 0.15) is 0 Å². The maximum absolute atomic E-state index is 11.8. The fourth-order valence-electron chi connectivity index (χ4n) is 2.89. The molecule has 0 atom stereocenters. The lowest BCUT2D eigenvalue weighted by molar-refractivity contribution is 0.0698. The molecule has 0 aliphatic carbocycles. The average Bonchev–Trinajstić information content (AvgIpc) is 2.74. The molecule has 0 spiro atoms. The Bertz CT molecular complexity index is 766. The Morgan fingerprint density at radius 3 is 2.43 bits per heavy atom. The predicted molar refractivity (Wildman–Crippen MR) is 89.4 cm³/mol. The van der Waals surface area contributed by atoms with Crippen LogP contribution in [-0.2, 0) is 12.0 Å². The van der Waals surface area contributed by atoms with E-state index in [-0.39, 0.29) is 17.6 Å². The van der Waals surface area contributed by atoms with Crippen molar-refractivity contribution < 1.29 is 19.8 Å². The van der Waals surface area contributed by atoms with Gasteiger partial charge in [-0.3, -0.25) is 4.79 Å². The van der Waals surface area contributed by atoms with Crippen LogP contribution < -0.4 is 0 Å². The van der Waals surface area contributed by atoms with Gasteiger partial charge in [-0.15, -0.1) is 0 Å². The maximum atomic E-state index is 11.8. The Balaban J connectivity index is 2.91. The molecule has 1 aromatic carbocycles. The first kappa shape index (κ1) is 17.2. The van der Waals surface area contributed by atoms with Crippen LogP contribution in [-0.4, -0.2) is 33.6 Å². The van der Waals surface area contributed by atoms with Crippen LogP contribution >= 0.6 is 0 Å². The van der Waals surface area contributed by atoms with Crippen molar-refractivity contribution in [1.82, 2.24) is 4.57 Å². The van der Waals surface area contributed by atoms with Gasteiger partial charge in [-0.05, 0) is 36.5 Å². The summed E-state index contributed by atoms with van der Waals surface area (Å²) in [5.41, 5.74) is 2.66. The van der Waals surface area contributed by atoms with Gasteiger partial charge < -0.3 is 14.8 Å². The van der Waals surface area contributed by atoms with Gasteiger partial charge in [0.15, 0.2) is 6.29 Å². The van der Waals surface area contributed by atoms with Gasteiger partial charge in [-0.25, -0.2) is 4.79 Å². The number of aryl methyl sites for hydroxylation is 1. The second kappa shape index (κ2) is 6.16. The maximum Gasteiger partial charge on any atom is 0.337 e. The topological polar surface area (TPSA) is 79.5 Å². The summed E-state index contributed by atoms with van der Waals surface area (Å²) in [6.45, 7) is 8.32. The zero-order valence-corrected chi connectivity index (χ0v) is 14.0. The number of aromatic nitrogens is 1. The number of hydrogen-bond donors (Lipinski definition) is 2. The van der Waals surface area contributed by atoms with Crippen LogP contribution in [0.1, 0.15) is 59.2 Å². The Kier molecular flexibility index (Phi) is 4.61. The fourth-order valence-corrected chi connectivity index (χ4v) is 2.89. The van der Waals surface area contributed by atoms with Gasteiger partial charge in [0.2, 0.25) is 0 Å². The van der Waals surface area contributed by atoms with Crippen molar-refractivity contribution >= 4 is 23.2 Å². The van der Waals surface area contributed by atoms with Gasteiger partial charge in [-0.2, -0.15) is 0 Å². The minimum atomic E-state index is -1.01. The number of carbonyl (C=O) groups excluding carboxylic acids is 1. The summed E-state index contributed by atoms with van der Waals surface area (Å²) >= 11 is 0. The summed E-state index contributed by atoms with van der Waals surface area (Å²) in [5.74, 6) is -1.01. The number of aliphatic hydroxyl groups excluding tert-OH is 1. The highest BCUT2D eigenvalue weighted by Gasteiger charge is 2.24. The molecule has 23 heavy (non-hydrogen) atoms. The molecular formula is C18H23NO4. The minimum absolute atomic E-state index is 0.0119. The van der Waals surface area contributed by atoms with E-state index in [1.54, 1.807) is 6.07 Å². The third-order valence-corrected chi connectivity index (χ3v) is 4.22. The van der Waals surface area contributed by atoms with Crippen molar-refractivity contribution in [3.8, 4) is 0 Å². The number of aromatic carboxylic acids is 1. The zero-order chi connectivity index (χ0) is 17.4. The van der Waals surface area contributed by atoms with E-state index in [2.05, 4.69) is 0 Å². The van der Waals surface area contributed by atoms with Crippen LogP contribution in [0.3, 0.4) is 0 Å². The van der Waals surface area contributed by atoms with Crippen LogP contribution in [0, 0.1) is 6.92 Å². The number of benzene rings is 1. The number of nitrogens with zero attached hydrogens (tertiary/aromatic N) is 1. The molecule has 0 fully saturated rings. The third kappa shape index (κ3) is 3.01. The highest BCUT2D eigenvalue weighted by Crippen LogP contribution is 2.33. The lowest BCUT2D eigenvalue weighted by Gasteiger charge is -2.20.